The van der Waals surface area contributed by atoms with Gasteiger partial charge in [-0.2, -0.15) is 0 Å². The van der Waals surface area contributed by atoms with Gasteiger partial charge in [-0.25, -0.2) is 4.79 Å². The molecule has 138 valence electrons. The number of amides is 1. The van der Waals surface area contributed by atoms with E-state index in [1.165, 1.54) is 0 Å². The second-order valence-electron chi connectivity index (χ2n) is 6.09. The van der Waals surface area contributed by atoms with E-state index in [1.54, 1.807) is 23.6 Å². The Morgan fingerprint density at radius 3 is 2.68 bits per heavy atom. The first-order valence-corrected chi connectivity index (χ1v) is 10.4. The number of rotatable bonds is 8. The number of esters is 1. The van der Waals surface area contributed by atoms with Gasteiger partial charge in [0.1, 0.15) is 11.4 Å². The highest BCUT2D eigenvalue weighted by Crippen LogP contribution is 2.44. The van der Waals surface area contributed by atoms with E-state index in [-0.39, 0.29) is 17.3 Å². The third-order valence-electron chi connectivity index (χ3n) is 4.26. The molecule has 0 N–H and O–H groups in total. The van der Waals surface area contributed by atoms with Crippen LogP contribution in [0.2, 0.25) is 5.02 Å². The van der Waals surface area contributed by atoms with Crippen molar-refractivity contribution in [3.63, 3.8) is 0 Å². The van der Waals surface area contributed by atoms with Crippen molar-refractivity contribution in [1.82, 2.24) is 4.90 Å². The van der Waals surface area contributed by atoms with E-state index in [2.05, 4.69) is 6.92 Å². The molecule has 6 heteroatoms. The van der Waals surface area contributed by atoms with Crippen molar-refractivity contribution < 1.29 is 14.3 Å². The summed E-state index contributed by atoms with van der Waals surface area (Å²) in [6.07, 6.45) is 4.58. The number of hydrogen-bond donors (Lipinski definition) is 0. The number of unbranched alkanes of at least 4 members (excludes halogenated alkanes) is 3. The largest absolute Gasteiger partial charge is 0.464 e. The van der Waals surface area contributed by atoms with E-state index in [9.17, 15) is 9.59 Å². The molecule has 0 spiro atoms. The van der Waals surface area contributed by atoms with Gasteiger partial charge in [0.25, 0.3) is 0 Å². The molecule has 0 aromatic heterocycles. The van der Waals surface area contributed by atoms with Gasteiger partial charge in [-0.15, -0.1) is 11.8 Å². The second-order valence-corrected chi connectivity index (χ2v) is 7.61. The van der Waals surface area contributed by atoms with Crippen molar-refractivity contribution in [2.24, 2.45) is 0 Å². The monoisotopic (exact) mass is 383 g/mol. The maximum Gasteiger partial charge on any atom is 0.329 e. The normalized spacial score (nSPS) is 19.9. The average Bonchev–Trinajstić information content (AvgIpc) is 3.04. The topological polar surface area (TPSA) is 46.6 Å². The highest BCUT2D eigenvalue weighted by molar-refractivity contribution is 7.99. The third-order valence-corrected chi connectivity index (χ3v) is 5.91. The molecule has 1 saturated heterocycles. The van der Waals surface area contributed by atoms with Gasteiger partial charge in [0, 0.05) is 22.8 Å². The van der Waals surface area contributed by atoms with E-state index >= 15 is 0 Å². The molecule has 1 heterocycles. The van der Waals surface area contributed by atoms with Crippen LogP contribution < -0.4 is 0 Å². The summed E-state index contributed by atoms with van der Waals surface area (Å²) in [7, 11) is 0. The number of nitrogens with zero attached hydrogens (tertiary/aromatic N) is 1. The number of ether oxygens (including phenoxy) is 1. The summed E-state index contributed by atoms with van der Waals surface area (Å²) in [5.41, 5.74) is 0.878. The molecule has 2 atom stereocenters. The number of benzene rings is 1. The summed E-state index contributed by atoms with van der Waals surface area (Å²) in [6, 6.07) is 6.98. The van der Waals surface area contributed by atoms with Crippen LogP contribution in [0.25, 0.3) is 0 Å². The minimum Gasteiger partial charge on any atom is -0.464 e. The third kappa shape index (κ3) is 5.14. The second kappa shape index (κ2) is 10.1. The van der Waals surface area contributed by atoms with Crippen molar-refractivity contribution in [1.29, 1.82) is 0 Å². The van der Waals surface area contributed by atoms with Gasteiger partial charge in [0.2, 0.25) is 5.91 Å². The summed E-state index contributed by atoms with van der Waals surface area (Å²) in [5.74, 6) is 0.214. The van der Waals surface area contributed by atoms with Gasteiger partial charge in [0.15, 0.2) is 0 Å². The van der Waals surface area contributed by atoms with E-state index in [1.807, 2.05) is 24.3 Å². The van der Waals surface area contributed by atoms with Crippen LogP contribution in [-0.2, 0) is 14.3 Å². The Morgan fingerprint density at radius 2 is 2.00 bits per heavy atom. The SMILES string of the molecule is CCCCCCC(=O)N1C(C(=O)OCC)CSC1c1ccccc1Cl. The van der Waals surface area contributed by atoms with Crippen molar-refractivity contribution >= 4 is 35.2 Å². The molecule has 0 radical (unpaired) electrons. The zero-order valence-corrected chi connectivity index (χ0v) is 16.4. The zero-order valence-electron chi connectivity index (χ0n) is 14.9. The Morgan fingerprint density at radius 1 is 1.24 bits per heavy atom. The van der Waals surface area contributed by atoms with E-state index in [0.29, 0.717) is 23.8 Å². The molecule has 1 fully saturated rings. The van der Waals surface area contributed by atoms with Crippen LogP contribution in [0.4, 0.5) is 0 Å². The Hall–Kier alpha value is -1.20. The number of thioether (sulfide) groups is 1. The Labute approximate surface area is 159 Å². The Kier molecular flexibility index (Phi) is 8.10. The molecule has 25 heavy (non-hydrogen) atoms. The van der Waals surface area contributed by atoms with Gasteiger partial charge in [-0.1, -0.05) is 56.0 Å². The number of hydrogen-bond acceptors (Lipinski definition) is 4. The van der Waals surface area contributed by atoms with E-state index in [0.717, 1.165) is 31.2 Å². The average molecular weight is 384 g/mol. The molecule has 2 unspecified atom stereocenters. The highest BCUT2D eigenvalue weighted by Gasteiger charge is 2.43. The zero-order chi connectivity index (χ0) is 18.2. The van der Waals surface area contributed by atoms with Crippen molar-refractivity contribution in [2.75, 3.05) is 12.4 Å². The smallest absolute Gasteiger partial charge is 0.329 e. The molecule has 0 bridgehead atoms. The Balaban J connectivity index is 2.19. The fourth-order valence-electron chi connectivity index (χ4n) is 2.98. The summed E-state index contributed by atoms with van der Waals surface area (Å²) in [5, 5.41) is 0.384. The number of carbonyl (C=O) groups excluding carboxylic acids is 2. The molecular weight excluding hydrogens is 358 g/mol. The molecule has 1 amide bonds. The molecule has 1 aromatic carbocycles. The number of carbonyl (C=O) groups is 2. The number of halogens is 1. The minimum atomic E-state index is -0.537. The molecule has 2 rings (SSSR count). The van der Waals surface area contributed by atoms with Crippen molar-refractivity contribution in [2.45, 2.75) is 57.4 Å². The lowest BCUT2D eigenvalue weighted by molar-refractivity contribution is -0.153. The van der Waals surface area contributed by atoms with Gasteiger partial charge in [-0.3, -0.25) is 4.79 Å². The fraction of sp³-hybridized carbons (Fsp3) is 0.579. The summed E-state index contributed by atoms with van der Waals surface area (Å²) in [4.78, 5) is 26.9. The van der Waals surface area contributed by atoms with Crippen molar-refractivity contribution in [3.05, 3.63) is 34.9 Å². The summed E-state index contributed by atoms with van der Waals surface area (Å²) < 4.78 is 5.18. The molecule has 1 aliphatic rings. The lowest BCUT2D eigenvalue weighted by atomic mass is 10.1. The predicted octanol–water partition coefficient (Wildman–Crippen LogP) is 4.82. The molecule has 1 aromatic rings. The van der Waals surface area contributed by atoms with Crippen LogP contribution >= 0.6 is 23.4 Å². The van der Waals surface area contributed by atoms with Crippen LogP contribution in [-0.4, -0.2) is 35.2 Å². The van der Waals surface area contributed by atoms with Gasteiger partial charge >= 0.3 is 5.97 Å². The van der Waals surface area contributed by atoms with Crippen LogP contribution in [0.1, 0.15) is 56.9 Å². The maximum absolute atomic E-state index is 12.9. The first-order chi connectivity index (χ1) is 12.1. The first-order valence-electron chi connectivity index (χ1n) is 8.94. The van der Waals surface area contributed by atoms with Gasteiger partial charge in [0.05, 0.1) is 6.61 Å². The van der Waals surface area contributed by atoms with Crippen LogP contribution in [0.15, 0.2) is 24.3 Å². The van der Waals surface area contributed by atoms with Crippen LogP contribution in [0, 0.1) is 0 Å². The molecule has 0 saturated carbocycles. The predicted molar refractivity (Wildman–Crippen MR) is 103 cm³/mol. The Bertz CT molecular complexity index is 596. The van der Waals surface area contributed by atoms with Crippen molar-refractivity contribution in [3.8, 4) is 0 Å². The minimum absolute atomic E-state index is 0.00377. The fourth-order valence-corrected chi connectivity index (χ4v) is 4.75. The summed E-state index contributed by atoms with van der Waals surface area (Å²) >= 11 is 7.91. The molecular formula is C19H26ClNO3S. The van der Waals surface area contributed by atoms with Crippen LogP contribution in [0.3, 0.4) is 0 Å². The summed E-state index contributed by atoms with van der Waals surface area (Å²) in [6.45, 7) is 4.24. The molecule has 0 aliphatic carbocycles. The van der Waals surface area contributed by atoms with Crippen LogP contribution in [0.5, 0.6) is 0 Å². The lowest BCUT2D eigenvalue weighted by Crippen LogP contribution is -2.43. The molecule has 1 aliphatic heterocycles. The maximum atomic E-state index is 12.9. The standard InChI is InChI=1S/C19H26ClNO3S/c1-3-5-6-7-12-17(22)21-16(19(23)24-4-2)13-25-18(21)14-10-8-9-11-15(14)20/h8-11,16,18H,3-7,12-13H2,1-2H3. The quantitative estimate of drug-likeness (QED) is 0.477. The molecule has 4 nitrogen and oxygen atoms in total. The lowest BCUT2D eigenvalue weighted by Gasteiger charge is -2.29. The van der Waals surface area contributed by atoms with E-state index < -0.39 is 6.04 Å². The van der Waals surface area contributed by atoms with Gasteiger partial charge in [-0.05, 0) is 19.4 Å². The highest BCUT2D eigenvalue weighted by atomic mass is 35.5. The van der Waals surface area contributed by atoms with E-state index in [4.69, 9.17) is 16.3 Å². The first kappa shape index (κ1) is 20.1. The van der Waals surface area contributed by atoms with Gasteiger partial charge < -0.3 is 9.64 Å².